The highest BCUT2D eigenvalue weighted by molar-refractivity contribution is 5.27. The van der Waals surface area contributed by atoms with Crippen molar-refractivity contribution in [3.8, 4) is 0 Å². The summed E-state index contributed by atoms with van der Waals surface area (Å²) in [6.45, 7) is 4.72. The number of allylic oxidation sites excluding steroid dienone is 1. The Balaban J connectivity index is 1.43. The van der Waals surface area contributed by atoms with Crippen LogP contribution < -0.4 is 0 Å². The Morgan fingerprint density at radius 2 is 1.90 bits per heavy atom. The van der Waals surface area contributed by atoms with E-state index >= 15 is 0 Å². The molecule has 6 heteroatoms. The van der Waals surface area contributed by atoms with Crippen molar-refractivity contribution in [2.24, 2.45) is 28.6 Å². The smallest absolute Gasteiger partial charge is 0.393 e. The molecule has 5 rings (SSSR count). The summed E-state index contributed by atoms with van der Waals surface area (Å²) in [5.41, 5.74) is 1.55. The first kappa shape index (κ1) is 19.7. The lowest BCUT2D eigenvalue weighted by Crippen LogP contribution is -2.50. The Kier molecular flexibility index (Phi) is 4.30. The van der Waals surface area contributed by atoms with Gasteiger partial charge in [-0.05, 0) is 86.0 Å². The maximum absolute atomic E-state index is 13.1. The third-order valence-corrected chi connectivity index (χ3v) is 9.34. The van der Waals surface area contributed by atoms with E-state index in [9.17, 15) is 18.3 Å². The van der Waals surface area contributed by atoms with Crippen LogP contribution in [0.4, 0.5) is 13.2 Å². The van der Waals surface area contributed by atoms with Crippen molar-refractivity contribution in [1.29, 1.82) is 0 Å². The molecule has 2 N–H and O–H groups in total. The van der Waals surface area contributed by atoms with Gasteiger partial charge in [0.1, 0.15) is 0 Å². The first-order valence-corrected chi connectivity index (χ1v) is 11.1. The van der Waals surface area contributed by atoms with E-state index in [0.29, 0.717) is 23.4 Å². The van der Waals surface area contributed by atoms with E-state index in [4.69, 9.17) is 0 Å². The van der Waals surface area contributed by atoms with Gasteiger partial charge in [-0.15, -0.1) is 0 Å². The van der Waals surface area contributed by atoms with E-state index in [-0.39, 0.29) is 22.9 Å². The van der Waals surface area contributed by atoms with Crippen molar-refractivity contribution in [1.82, 2.24) is 10.2 Å². The summed E-state index contributed by atoms with van der Waals surface area (Å²) >= 11 is 0. The van der Waals surface area contributed by atoms with Crippen molar-refractivity contribution in [2.75, 3.05) is 0 Å². The average Bonchev–Trinajstić information content (AvgIpc) is 3.26. The zero-order valence-corrected chi connectivity index (χ0v) is 17.2. The van der Waals surface area contributed by atoms with Gasteiger partial charge in [0.25, 0.3) is 0 Å². The number of aromatic nitrogens is 2. The first-order valence-electron chi connectivity index (χ1n) is 11.1. The van der Waals surface area contributed by atoms with E-state index < -0.39 is 11.9 Å². The van der Waals surface area contributed by atoms with Crippen LogP contribution in [0.25, 0.3) is 0 Å². The molecule has 160 valence electrons. The van der Waals surface area contributed by atoms with Crippen molar-refractivity contribution in [2.45, 2.75) is 83.4 Å². The quantitative estimate of drug-likeness (QED) is 0.574. The number of hydrogen-bond donors (Lipinski definition) is 2. The van der Waals surface area contributed by atoms with Crippen molar-refractivity contribution in [3.63, 3.8) is 0 Å². The van der Waals surface area contributed by atoms with Gasteiger partial charge in [-0.25, -0.2) is 0 Å². The summed E-state index contributed by atoms with van der Waals surface area (Å²) in [7, 11) is 0. The van der Waals surface area contributed by atoms with Crippen LogP contribution >= 0.6 is 0 Å². The summed E-state index contributed by atoms with van der Waals surface area (Å²) in [5.74, 6) is 1.92. The van der Waals surface area contributed by atoms with Crippen LogP contribution in [0.5, 0.6) is 0 Å². The minimum absolute atomic E-state index is 0.0342. The average molecular weight is 409 g/mol. The number of aliphatic hydroxyl groups excluding tert-OH is 1. The van der Waals surface area contributed by atoms with Crippen LogP contribution in [0.1, 0.15) is 82.5 Å². The van der Waals surface area contributed by atoms with Crippen molar-refractivity contribution >= 4 is 0 Å². The molecule has 0 spiro atoms. The molecule has 0 bridgehead atoms. The first-order chi connectivity index (χ1) is 13.6. The molecule has 1 aromatic heterocycles. The van der Waals surface area contributed by atoms with Gasteiger partial charge in [0, 0.05) is 11.6 Å². The Morgan fingerprint density at radius 3 is 2.62 bits per heavy atom. The molecule has 4 aliphatic carbocycles. The Morgan fingerprint density at radius 1 is 1.10 bits per heavy atom. The number of alkyl halides is 3. The molecule has 3 saturated carbocycles. The number of nitrogens with zero attached hydrogens (tertiary/aromatic N) is 1. The number of nitrogens with one attached hydrogen (secondary N) is 1. The molecule has 3 nitrogen and oxygen atoms in total. The van der Waals surface area contributed by atoms with Crippen LogP contribution in [0.2, 0.25) is 0 Å². The molecule has 1 heterocycles. The lowest BCUT2D eigenvalue weighted by atomic mass is 9.47. The Bertz CT molecular complexity index is 830. The molecule has 0 aliphatic heterocycles. The minimum Gasteiger partial charge on any atom is -0.393 e. The topological polar surface area (TPSA) is 48.9 Å². The highest BCUT2D eigenvalue weighted by Crippen LogP contribution is 2.67. The number of halogens is 3. The number of H-pyrrole nitrogens is 1. The van der Waals surface area contributed by atoms with Crippen LogP contribution in [0.15, 0.2) is 17.7 Å². The number of aliphatic hydroxyl groups is 1. The molecule has 0 aromatic carbocycles. The van der Waals surface area contributed by atoms with E-state index in [0.717, 1.165) is 51.4 Å². The van der Waals surface area contributed by atoms with Gasteiger partial charge in [0.15, 0.2) is 5.69 Å². The highest BCUT2D eigenvalue weighted by Gasteiger charge is 2.59. The van der Waals surface area contributed by atoms with E-state index in [1.165, 1.54) is 11.6 Å². The Hall–Kier alpha value is -1.30. The van der Waals surface area contributed by atoms with Gasteiger partial charge in [0.05, 0.1) is 6.10 Å². The lowest BCUT2D eigenvalue weighted by Gasteiger charge is -2.58. The van der Waals surface area contributed by atoms with Gasteiger partial charge in [0.2, 0.25) is 0 Å². The predicted molar refractivity (Wildman–Crippen MR) is 104 cm³/mol. The van der Waals surface area contributed by atoms with Crippen molar-refractivity contribution < 1.29 is 18.3 Å². The zero-order valence-electron chi connectivity index (χ0n) is 17.2. The fourth-order valence-corrected chi connectivity index (χ4v) is 7.81. The summed E-state index contributed by atoms with van der Waals surface area (Å²) in [4.78, 5) is 0. The van der Waals surface area contributed by atoms with Gasteiger partial charge in [-0.1, -0.05) is 25.5 Å². The molecule has 29 heavy (non-hydrogen) atoms. The molecular weight excluding hydrogens is 377 g/mol. The monoisotopic (exact) mass is 408 g/mol. The van der Waals surface area contributed by atoms with Crippen LogP contribution in [0.3, 0.4) is 0 Å². The van der Waals surface area contributed by atoms with Gasteiger partial charge >= 0.3 is 6.18 Å². The highest BCUT2D eigenvalue weighted by atomic mass is 19.4. The molecular formula is C23H31F3N2O. The molecule has 7 atom stereocenters. The second-order valence-corrected chi connectivity index (χ2v) is 10.5. The summed E-state index contributed by atoms with van der Waals surface area (Å²) in [6, 6.07) is 1.24. The molecule has 3 fully saturated rings. The van der Waals surface area contributed by atoms with E-state index in [1.54, 1.807) is 0 Å². The molecule has 0 radical (unpaired) electrons. The van der Waals surface area contributed by atoms with Gasteiger partial charge in [-0.2, -0.15) is 18.3 Å². The third kappa shape index (κ3) is 2.84. The summed E-state index contributed by atoms with van der Waals surface area (Å²) < 4.78 is 39.2. The standard InChI is InChI=1S/C23H31F3N2O/c1-21-9-7-14(29)11-13(21)3-4-15-16-5-6-18(22(16,2)10-8-17(15)21)19-12-20(28-27-19)23(24,25)26/h3,12,14-18,29H,4-11H2,1-2H3,(H,27,28)/t14-,15+,16+,17+,18-,21+,22+/m1/s1. The number of fused-ring (bicyclic) bond motifs is 5. The largest absolute Gasteiger partial charge is 0.435 e. The SMILES string of the molecule is C[C@]12CC[C@H]3[C@@H](CC=C4C[C@H](O)CC[C@@]43C)[C@@H]1CC[C@@H]2c1cc(C(F)(F)F)n[nH]1. The summed E-state index contributed by atoms with van der Waals surface area (Å²) in [6.07, 6.45) is 5.87. The second-order valence-electron chi connectivity index (χ2n) is 10.5. The normalized spacial score (nSPS) is 44.6. The molecule has 4 aliphatic rings. The maximum atomic E-state index is 13.1. The number of rotatable bonds is 1. The number of aromatic amines is 1. The molecule has 0 unspecified atom stereocenters. The lowest BCUT2D eigenvalue weighted by molar-refractivity contribution is -0.141. The van der Waals surface area contributed by atoms with E-state index in [2.05, 4.69) is 30.1 Å². The van der Waals surface area contributed by atoms with Crippen LogP contribution in [0, 0.1) is 28.6 Å². The van der Waals surface area contributed by atoms with Crippen molar-refractivity contribution in [3.05, 3.63) is 29.1 Å². The van der Waals surface area contributed by atoms with Gasteiger partial charge in [-0.3, -0.25) is 5.10 Å². The zero-order chi connectivity index (χ0) is 20.6. The maximum Gasteiger partial charge on any atom is 0.435 e. The fourth-order valence-electron chi connectivity index (χ4n) is 7.81. The molecule has 1 aromatic rings. The van der Waals surface area contributed by atoms with E-state index in [1.807, 2.05) is 0 Å². The molecule has 0 saturated heterocycles. The number of hydrogen-bond acceptors (Lipinski definition) is 2. The van der Waals surface area contributed by atoms with Crippen LogP contribution in [-0.2, 0) is 6.18 Å². The third-order valence-electron chi connectivity index (χ3n) is 9.34. The van der Waals surface area contributed by atoms with Crippen LogP contribution in [-0.4, -0.2) is 21.4 Å². The predicted octanol–water partition coefficient (Wildman–Crippen LogP) is 5.84. The molecule has 0 amide bonds. The fraction of sp³-hybridized carbons (Fsp3) is 0.783. The van der Waals surface area contributed by atoms with Gasteiger partial charge < -0.3 is 5.11 Å². The second kappa shape index (κ2) is 6.35. The Labute approximate surface area is 170 Å². The summed E-state index contributed by atoms with van der Waals surface area (Å²) in [5, 5.41) is 16.4. The minimum atomic E-state index is -4.39.